The number of fused-ring (bicyclic) bond motifs is 3. The number of rotatable bonds is 5. The van der Waals surface area contributed by atoms with E-state index < -0.39 is 264 Å². The molecule has 0 fully saturated rings. The van der Waals surface area contributed by atoms with Gasteiger partial charge in [-0.25, -0.2) is 15.0 Å². The average Bonchev–Trinajstić information content (AvgIpc) is 3.47. The Hall–Kier alpha value is -6.45. The molecule has 0 atom stereocenters. The molecule has 0 aliphatic carbocycles. The number of hydrogen-bond acceptors (Lipinski definition) is 3. The highest BCUT2D eigenvalue weighted by atomic mass is 15.0. The molecule has 48 heavy (non-hydrogen) atoms. The van der Waals surface area contributed by atoms with Crippen molar-refractivity contribution < 1.29 is 39.8 Å². The van der Waals surface area contributed by atoms with Gasteiger partial charge in [-0.05, 0) is 66.7 Å². The highest BCUT2D eigenvalue weighted by Gasteiger charge is 2.16. The van der Waals surface area contributed by atoms with Crippen molar-refractivity contribution in [1.82, 2.24) is 15.0 Å². The molecule has 0 aliphatic rings. The Labute approximate surface area is 319 Å². The van der Waals surface area contributed by atoms with Crippen LogP contribution in [0.4, 0.5) is 0 Å². The van der Waals surface area contributed by atoms with Crippen LogP contribution in [0, 0.1) is 0 Å². The van der Waals surface area contributed by atoms with Crippen molar-refractivity contribution in [2.75, 3.05) is 0 Å². The molecule has 0 radical (unpaired) electrons. The van der Waals surface area contributed by atoms with Crippen molar-refractivity contribution in [2.45, 2.75) is 0 Å². The van der Waals surface area contributed by atoms with Crippen molar-refractivity contribution >= 4 is 32.3 Å². The van der Waals surface area contributed by atoms with Crippen molar-refractivity contribution in [1.29, 1.82) is 0 Å². The van der Waals surface area contributed by atoms with Gasteiger partial charge in [0.2, 0.25) is 0 Å². The lowest BCUT2D eigenvalue weighted by atomic mass is 9.95. The van der Waals surface area contributed by atoms with Gasteiger partial charge in [0, 0.05) is 16.7 Å². The maximum absolute atomic E-state index is 9.55. The van der Waals surface area contributed by atoms with Crippen LogP contribution in [0.3, 0.4) is 0 Å². The highest BCUT2D eigenvalue weighted by molar-refractivity contribution is 6.04. The lowest BCUT2D eigenvalue weighted by molar-refractivity contribution is 1.08. The second kappa shape index (κ2) is 11.7. The minimum Gasteiger partial charge on any atom is -0.208 e. The van der Waals surface area contributed by atoms with Gasteiger partial charge in [0.05, 0.1) is 39.8 Å². The van der Waals surface area contributed by atoms with E-state index >= 15 is 0 Å². The largest absolute Gasteiger partial charge is 0.208 e. The lowest BCUT2D eigenvalue weighted by Gasteiger charge is -2.13. The average molecular weight is 641 g/mol. The van der Waals surface area contributed by atoms with Crippen LogP contribution in [-0.2, 0) is 0 Å². The Morgan fingerprint density at radius 3 is 1.52 bits per heavy atom. The summed E-state index contributed by atoms with van der Waals surface area (Å²) in [6.45, 7) is 0. The van der Waals surface area contributed by atoms with Gasteiger partial charge in [-0.2, -0.15) is 0 Å². The van der Waals surface area contributed by atoms with Crippen LogP contribution < -0.4 is 0 Å². The number of aromatic nitrogens is 3. The Kier molecular flexibility index (Phi) is 2.70. The number of hydrogen-bond donors (Lipinski definition) is 0. The van der Waals surface area contributed by atoms with Gasteiger partial charge >= 0.3 is 0 Å². The van der Waals surface area contributed by atoms with Crippen LogP contribution in [0.2, 0.25) is 0 Å². The molecule has 0 N–H and O–H groups in total. The maximum atomic E-state index is 9.55. The van der Waals surface area contributed by atoms with E-state index in [4.69, 9.17) is 30.2 Å². The van der Waals surface area contributed by atoms with Gasteiger partial charge in [-0.15, -0.1) is 0 Å². The fourth-order valence-corrected chi connectivity index (χ4v) is 4.85. The van der Waals surface area contributed by atoms with E-state index in [1.165, 1.54) is 0 Å². The molecule has 3 nitrogen and oxygen atoms in total. The first-order chi connectivity index (χ1) is 35.9. The summed E-state index contributed by atoms with van der Waals surface area (Å²) in [4.78, 5) is 13.0. The van der Waals surface area contributed by atoms with E-state index in [1.807, 2.05) is 0 Å². The zero-order chi connectivity index (χ0) is 57.1. The standard InChI is InChI=1S/C45H29N3/c1-3-12-30(13-4-1)38-20-10-22-41-40(38)21-11-23-42(41)45-47-43(32-15-5-2-6-16-32)46-44(48-45)36-27-25-33-28-35(26-24-34(33)29-36)39-19-9-17-31-14-7-8-18-37(31)39/h1-29H/i1D,2D,3D,4D,5D,6D,7D,8D,9D,10D,11D,12D,13D,14D,15D,16D,17D,18D,19D,20D,21D,22D,23D,24D,25D,26D,27D,28D,29D. The first-order valence-electron chi connectivity index (χ1n) is 28.3. The van der Waals surface area contributed by atoms with Crippen molar-refractivity contribution in [3.63, 3.8) is 0 Å². The number of nitrogens with zero attached hydrogens (tertiary/aromatic N) is 3. The van der Waals surface area contributed by atoms with E-state index in [1.54, 1.807) is 0 Å². The molecule has 3 heteroatoms. The third-order valence-electron chi connectivity index (χ3n) is 6.99. The molecule has 224 valence electrons. The molecule has 0 amide bonds. The summed E-state index contributed by atoms with van der Waals surface area (Å²) in [7, 11) is 0. The fourth-order valence-electron chi connectivity index (χ4n) is 4.85. The summed E-state index contributed by atoms with van der Waals surface area (Å²) in [5, 5.41) is -4.05. The van der Waals surface area contributed by atoms with Crippen LogP contribution in [-0.4, -0.2) is 15.0 Å². The van der Waals surface area contributed by atoms with E-state index in [9.17, 15) is 9.60 Å². The van der Waals surface area contributed by atoms with E-state index in [2.05, 4.69) is 15.0 Å². The van der Waals surface area contributed by atoms with Gasteiger partial charge in [0.25, 0.3) is 0 Å². The summed E-state index contributed by atoms with van der Waals surface area (Å²) < 4.78 is 255. The summed E-state index contributed by atoms with van der Waals surface area (Å²) in [5.41, 5.74) is -5.34. The second-order valence-electron chi connectivity index (χ2n) is 9.81. The molecule has 0 saturated carbocycles. The monoisotopic (exact) mass is 640 g/mol. The molecule has 9 rings (SSSR count). The molecule has 0 aliphatic heterocycles. The van der Waals surface area contributed by atoms with Gasteiger partial charge in [-0.1, -0.05) is 163 Å². The maximum Gasteiger partial charge on any atom is 0.164 e. The lowest BCUT2D eigenvalue weighted by Crippen LogP contribution is -2.00. The summed E-state index contributed by atoms with van der Waals surface area (Å²) in [6, 6.07) is -27.0. The van der Waals surface area contributed by atoms with E-state index in [0.717, 1.165) is 0 Å². The zero-order valence-corrected chi connectivity index (χ0v) is 23.8. The smallest absolute Gasteiger partial charge is 0.164 e. The third kappa shape index (κ3) is 4.99. The Balaban J connectivity index is 1.46. The van der Waals surface area contributed by atoms with Gasteiger partial charge < -0.3 is 0 Å². The molecular formula is C45H29N3. The van der Waals surface area contributed by atoms with Crippen LogP contribution in [0.15, 0.2) is 175 Å². The predicted octanol–water partition coefficient (Wildman–Crippen LogP) is 11.7. The minimum atomic E-state index is -1.06. The van der Waals surface area contributed by atoms with Gasteiger partial charge in [-0.3, -0.25) is 0 Å². The third-order valence-corrected chi connectivity index (χ3v) is 6.99. The first-order valence-corrected chi connectivity index (χ1v) is 13.8. The Morgan fingerprint density at radius 2 is 0.771 bits per heavy atom. The van der Waals surface area contributed by atoms with Crippen molar-refractivity contribution in [3.05, 3.63) is 175 Å². The Bertz CT molecular complexity index is 4210. The van der Waals surface area contributed by atoms with Crippen LogP contribution in [0.1, 0.15) is 39.8 Å². The van der Waals surface area contributed by atoms with E-state index in [-0.39, 0.29) is 0 Å². The zero-order valence-electron chi connectivity index (χ0n) is 52.8. The van der Waals surface area contributed by atoms with Crippen molar-refractivity contribution in [3.8, 4) is 56.4 Å². The van der Waals surface area contributed by atoms with Gasteiger partial charge in [0.1, 0.15) is 0 Å². The summed E-state index contributed by atoms with van der Waals surface area (Å²) >= 11 is 0. The topological polar surface area (TPSA) is 38.7 Å². The molecular weight excluding hydrogens is 583 g/mol. The molecule has 0 unspecified atom stereocenters. The molecule has 0 saturated heterocycles. The molecule has 9 aromatic rings. The SMILES string of the molecule is [2H]c1c([2H])c([2H])c(-c2nc(-c3c([2H])c([2H])c4c([2H])c(-c5c([2H])c([2H])c([2H])c6c([2H])c([2H])c([2H])c([2H])c56)c([2H])c([2H])c4c3[2H])nc(-c3c([2H])c([2H])c([2H])c4c(-c5c([2H])c([2H])c([2H])c([2H])c5[2H])c([2H])c([2H])c([2H])c34)n2)c([2H])c1[2H]. The van der Waals surface area contributed by atoms with Crippen LogP contribution in [0.25, 0.3) is 88.7 Å². The van der Waals surface area contributed by atoms with Crippen LogP contribution in [0.5, 0.6) is 0 Å². The van der Waals surface area contributed by atoms with Gasteiger partial charge in [0.15, 0.2) is 17.5 Å². The van der Waals surface area contributed by atoms with E-state index in [0.29, 0.717) is 0 Å². The summed E-state index contributed by atoms with van der Waals surface area (Å²) in [5.74, 6) is -2.75. The molecule has 1 aromatic heterocycles. The molecule has 8 aromatic carbocycles. The fraction of sp³-hybridized carbons (Fsp3) is 0. The van der Waals surface area contributed by atoms with Crippen LogP contribution >= 0.6 is 0 Å². The normalized spacial score (nSPS) is 19.8. The minimum absolute atomic E-state index is 0.567. The van der Waals surface area contributed by atoms with Crippen molar-refractivity contribution in [2.24, 2.45) is 0 Å². The molecule has 0 spiro atoms. The number of benzene rings is 8. The molecule has 1 heterocycles. The second-order valence-corrected chi connectivity index (χ2v) is 9.81. The molecule has 0 bridgehead atoms. The Morgan fingerprint density at radius 1 is 0.292 bits per heavy atom. The predicted molar refractivity (Wildman–Crippen MR) is 200 cm³/mol. The first kappa shape index (κ1) is 11.1. The quantitative estimate of drug-likeness (QED) is 0.188. The summed E-state index contributed by atoms with van der Waals surface area (Å²) in [6.07, 6.45) is 0. The highest BCUT2D eigenvalue weighted by Crippen LogP contribution is 2.36.